The fraction of sp³-hybridized carbons (Fsp3) is 0.440. The molecular weight excluding hydrogens is 412 g/mol. The van der Waals surface area contributed by atoms with Crippen molar-refractivity contribution in [3.63, 3.8) is 0 Å². The number of esters is 1. The van der Waals surface area contributed by atoms with Crippen molar-refractivity contribution < 1.29 is 14.3 Å². The monoisotopic (exact) mass is 442 g/mol. The van der Waals surface area contributed by atoms with Crippen LogP contribution in [0.5, 0.6) is 0 Å². The summed E-state index contributed by atoms with van der Waals surface area (Å²) in [6, 6.07) is 20.2. The molecule has 2 aromatic carbocycles. The summed E-state index contributed by atoms with van der Waals surface area (Å²) < 4.78 is 5.09. The van der Waals surface area contributed by atoms with Crippen LogP contribution in [0.3, 0.4) is 0 Å². The van der Waals surface area contributed by atoms with Crippen LogP contribution in [0.15, 0.2) is 70.5 Å². The minimum absolute atomic E-state index is 0.0448. The minimum Gasteiger partial charge on any atom is -0.464 e. The van der Waals surface area contributed by atoms with Gasteiger partial charge >= 0.3 is 5.97 Å². The summed E-state index contributed by atoms with van der Waals surface area (Å²) in [5, 5.41) is 0. The zero-order chi connectivity index (χ0) is 21.2. The Balaban J connectivity index is 1.89. The first-order valence-corrected chi connectivity index (χ1v) is 12.4. The van der Waals surface area contributed by atoms with E-state index in [1.165, 1.54) is 0 Å². The van der Waals surface area contributed by atoms with Gasteiger partial charge < -0.3 is 4.74 Å². The van der Waals surface area contributed by atoms with Gasteiger partial charge in [0.25, 0.3) is 0 Å². The Hall–Kier alpha value is -1.72. The average Bonchev–Trinajstić information content (AvgIpc) is 2.76. The molecule has 0 bridgehead atoms. The molecule has 0 aliphatic carbocycles. The predicted molar refractivity (Wildman–Crippen MR) is 125 cm³/mol. The highest BCUT2D eigenvalue weighted by Gasteiger charge is 2.42. The quantitative estimate of drug-likeness (QED) is 0.386. The van der Waals surface area contributed by atoms with E-state index in [-0.39, 0.29) is 24.3 Å². The standard InChI is InChI=1S/C25H30O3S2/c1-20-18-21(26)12-6-2-3-11-17-25(24(27)28-19-20,29-22-13-7-4-8-14-22)30-23-15-9-5-10-16-23/h4-5,7-10,13-16,20H,2-3,6,11-12,17-19H2,1H3/t20-/m1/s1. The van der Waals surface area contributed by atoms with Crippen molar-refractivity contribution in [2.75, 3.05) is 6.61 Å². The van der Waals surface area contributed by atoms with Crippen molar-refractivity contribution in [1.82, 2.24) is 0 Å². The third-order valence-corrected chi connectivity index (χ3v) is 8.07. The molecule has 1 atom stereocenters. The number of cyclic esters (lactones) is 1. The van der Waals surface area contributed by atoms with Crippen molar-refractivity contribution in [2.45, 2.75) is 65.7 Å². The molecule has 1 fully saturated rings. The van der Waals surface area contributed by atoms with Gasteiger partial charge in [0.1, 0.15) is 5.78 Å². The predicted octanol–water partition coefficient (Wildman–Crippen LogP) is 6.76. The lowest BCUT2D eigenvalue weighted by Gasteiger charge is -2.31. The summed E-state index contributed by atoms with van der Waals surface area (Å²) in [6.45, 7) is 2.28. The van der Waals surface area contributed by atoms with Gasteiger partial charge in [0.15, 0.2) is 4.08 Å². The van der Waals surface area contributed by atoms with Gasteiger partial charge in [0, 0.05) is 22.6 Å². The molecule has 160 valence electrons. The number of ether oxygens (including phenoxy) is 1. The molecular formula is C25H30O3S2. The number of ketones is 1. The molecule has 2 aromatic rings. The zero-order valence-corrected chi connectivity index (χ0v) is 19.2. The highest BCUT2D eigenvalue weighted by Crippen LogP contribution is 2.50. The normalized spacial score (nSPS) is 21.0. The number of thioether (sulfide) groups is 2. The molecule has 1 saturated heterocycles. The van der Waals surface area contributed by atoms with E-state index in [1.807, 2.05) is 67.6 Å². The van der Waals surface area contributed by atoms with Crippen LogP contribution in [0.25, 0.3) is 0 Å². The van der Waals surface area contributed by atoms with Crippen molar-refractivity contribution in [3.05, 3.63) is 60.7 Å². The molecule has 0 N–H and O–H groups in total. The van der Waals surface area contributed by atoms with E-state index in [0.717, 1.165) is 41.9 Å². The second-order valence-electron chi connectivity index (χ2n) is 7.94. The molecule has 3 rings (SSSR count). The van der Waals surface area contributed by atoms with Crippen molar-refractivity contribution in [3.8, 4) is 0 Å². The molecule has 0 saturated carbocycles. The first kappa shape index (κ1) is 23.0. The van der Waals surface area contributed by atoms with Gasteiger partial charge in [-0.1, -0.05) is 86.1 Å². The third-order valence-electron chi connectivity index (χ3n) is 5.15. The average molecular weight is 443 g/mol. The van der Waals surface area contributed by atoms with Crippen molar-refractivity contribution in [1.29, 1.82) is 0 Å². The van der Waals surface area contributed by atoms with Crippen LogP contribution in [0, 0.1) is 5.92 Å². The fourth-order valence-corrected chi connectivity index (χ4v) is 6.45. The van der Waals surface area contributed by atoms with E-state index >= 15 is 0 Å². The maximum Gasteiger partial charge on any atom is 0.333 e. The highest BCUT2D eigenvalue weighted by molar-refractivity contribution is 8.19. The second kappa shape index (κ2) is 11.6. The topological polar surface area (TPSA) is 43.4 Å². The Morgan fingerprint density at radius 1 is 0.833 bits per heavy atom. The lowest BCUT2D eigenvalue weighted by atomic mass is 10.0. The number of hydrogen-bond acceptors (Lipinski definition) is 5. The summed E-state index contributed by atoms with van der Waals surface area (Å²) in [5.41, 5.74) is 0. The van der Waals surface area contributed by atoms with E-state index < -0.39 is 4.08 Å². The van der Waals surface area contributed by atoms with Crippen molar-refractivity contribution in [2.24, 2.45) is 5.92 Å². The van der Waals surface area contributed by atoms with E-state index in [0.29, 0.717) is 12.8 Å². The molecule has 1 heterocycles. The summed E-state index contributed by atoms with van der Waals surface area (Å²) in [6.07, 6.45) is 5.76. The van der Waals surface area contributed by atoms with Crippen LogP contribution in [0.1, 0.15) is 51.9 Å². The van der Waals surface area contributed by atoms with Crippen molar-refractivity contribution >= 4 is 35.3 Å². The van der Waals surface area contributed by atoms with Crippen LogP contribution in [-0.4, -0.2) is 22.4 Å². The van der Waals surface area contributed by atoms with Gasteiger partial charge in [-0.2, -0.15) is 0 Å². The van der Waals surface area contributed by atoms with Crippen LogP contribution in [0.4, 0.5) is 0 Å². The maximum atomic E-state index is 13.5. The number of carbonyl (C=O) groups is 2. The Morgan fingerprint density at radius 3 is 2.00 bits per heavy atom. The molecule has 5 heteroatoms. The SMILES string of the molecule is C[C@H]1COC(=O)C(Sc2ccccc2)(Sc2ccccc2)CCCCCCC(=O)C1. The lowest BCUT2D eigenvalue weighted by molar-refractivity contribution is -0.146. The van der Waals surface area contributed by atoms with Crippen LogP contribution in [-0.2, 0) is 14.3 Å². The molecule has 0 amide bonds. The van der Waals surface area contributed by atoms with E-state index in [2.05, 4.69) is 0 Å². The van der Waals surface area contributed by atoms with Gasteiger partial charge in [-0.3, -0.25) is 4.79 Å². The van der Waals surface area contributed by atoms with Gasteiger partial charge in [-0.05, 0) is 43.0 Å². The number of Topliss-reactive ketones (excluding diaryl/α,β-unsaturated/α-hetero) is 1. The van der Waals surface area contributed by atoms with Gasteiger partial charge in [-0.25, -0.2) is 4.79 Å². The largest absolute Gasteiger partial charge is 0.464 e. The second-order valence-corrected chi connectivity index (χ2v) is 10.9. The van der Waals surface area contributed by atoms with Gasteiger partial charge in [0.2, 0.25) is 0 Å². The summed E-state index contributed by atoms with van der Waals surface area (Å²) >= 11 is 3.19. The summed E-state index contributed by atoms with van der Waals surface area (Å²) in [7, 11) is 0. The molecule has 30 heavy (non-hydrogen) atoms. The van der Waals surface area contributed by atoms with Crippen LogP contribution >= 0.6 is 23.5 Å². The van der Waals surface area contributed by atoms with Crippen LogP contribution in [0.2, 0.25) is 0 Å². The summed E-state index contributed by atoms with van der Waals surface area (Å²) in [4.78, 5) is 27.8. The third kappa shape index (κ3) is 6.92. The first-order valence-electron chi connectivity index (χ1n) is 10.7. The van der Waals surface area contributed by atoms with Gasteiger partial charge in [-0.15, -0.1) is 0 Å². The molecule has 0 aromatic heterocycles. The Kier molecular flexibility index (Phi) is 8.88. The number of rotatable bonds is 4. The summed E-state index contributed by atoms with van der Waals surface area (Å²) in [5.74, 6) is 0.133. The van der Waals surface area contributed by atoms with Crippen LogP contribution < -0.4 is 0 Å². The minimum atomic E-state index is -0.750. The van der Waals surface area contributed by atoms with E-state index in [9.17, 15) is 9.59 Å². The number of hydrogen-bond donors (Lipinski definition) is 0. The first-order chi connectivity index (χ1) is 14.6. The Labute approximate surface area is 188 Å². The Morgan fingerprint density at radius 2 is 1.40 bits per heavy atom. The number of carbonyl (C=O) groups excluding carboxylic acids is 2. The van der Waals surface area contributed by atoms with E-state index in [1.54, 1.807) is 23.5 Å². The molecule has 1 aliphatic heterocycles. The molecule has 0 unspecified atom stereocenters. The maximum absolute atomic E-state index is 13.5. The highest BCUT2D eigenvalue weighted by atomic mass is 32.2. The molecule has 0 radical (unpaired) electrons. The molecule has 1 aliphatic rings. The fourth-order valence-electron chi connectivity index (χ4n) is 3.58. The molecule has 0 spiro atoms. The smallest absolute Gasteiger partial charge is 0.333 e. The lowest BCUT2D eigenvalue weighted by Crippen LogP contribution is -2.34. The Bertz CT molecular complexity index is 766. The number of benzene rings is 2. The zero-order valence-electron chi connectivity index (χ0n) is 17.5. The van der Waals surface area contributed by atoms with E-state index in [4.69, 9.17) is 4.74 Å². The molecule has 3 nitrogen and oxygen atoms in total. The van der Waals surface area contributed by atoms with Gasteiger partial charge in [0.05, 0.1) is 6.61 Å².